The summed E-state index contributed by atoms with van der Waals surface area (Å²) in [5.74, 6) is 0. The number of epoxide rings is 1. The van der Waals surface area contributed by atoms with Gasteiger partial charge in [-0.1, -0.05) is 17.7 Å². The maximum absolute atomic E-state index is 11.8. The fraction of sp³-hybridized carbons (Fsp3) is 0.500. The molecule has 2 rings (SSSR count). The molecule has 0 bridgehead atoms. The molecular weight excluding hydrogens is 240 g/mol. The molecule has 4 nitrogen and oxygen atoms in total. The van der Waals surface area contributed by atoms with Crippen LogP contribution in [0.15, 0.2) is 29.2 Å². The standard InChI is InChI=1S/C12H16O4S/c1-9-4-6-10(7-5-9)17(13,14)15-8-11-12(2,3)16-11/h4-7,11H,8H2,1-3H3/t11-/m0/s1. The molecule has 0 aliphatic carbocycles. The van der Waals surface area contributed by atoms with Gasteiger partial charge < -0.3 is 4.74 Å². The van der Waals surface area contributed by atoms with Crippen LogP contribution in [0.4, 0.5) is 0 Å². The molecule has 0 saturated carbocycles. The van der Waals surface area contributed by atoms with Crippen LogP contribution in [0.1, 0.15) is 19.4 Å². The molecular formula is C12H16O4S. The van der Waals surface area contributed by atoms with Crippen molar-refractivity contribution in [2.75, 3.05) is 6.61 Å². The predicted octanol–water partition coefficient (Wildman–Crippen LogP) is 1.88. The third-order valence-electron chi connectivity index (χ3n) is 2.85. The van der Waals surface area contributed by atoms with Crippen molar-refractivity contribution in [3.05, 3.63) is 29.8 Å². The zero-order valence-electron chi connectivity index (χ0n) is 10.1. The lowest BCUT2D eigenvalue weighted by molar-refractivity contribution is 0.257. The van der Waals surface area contributed by atoms with E-state index < -0.39 is 10.1 Å². The van der Waals surface area contributed by atoms with Gasteiger partial charge in [0.15, 0.2) is 0 Å². The summed E-state index contributed by atoms with van der Waals surface area (Å²) < 4.78 is 33.8. The molecule has 0 amide bonds. The Morgan fingerprint density at radius 1 is 1.29 bits per heavy atom. The molecule has 5 heteroatoms. The molecule has 1 atom stereocenters. The summed E-state index contributed by atoms with van der Waals surface area (Å²) in [6.07, 6.45) is -0.136. The zero-order valence-corrected chi connectivity index (χ0v) is 11.0. The van der Waals surface area contributed by atoms with Gasteiger partial charge in [-0.15, -0.1) is 0 Å². The van der Waals surface area contributed by atoms with Crippen molar-refractivity contribution in [2.45, 2.75) is 37.4 Å². The smallest absolute Gasteiger partial charge is 0.297 e. The Hall–Kier alpha value is -0.910. The molecule has 1 fully saturated rings. The normalized spacial score (nSPS) is 22.4. The van der Waals surface area contributed by atoms with E-state index in [0.717, 1.165) is 5.56 Å². The minimum Gasteiger partial charge on any atom is -0.364 e. The molecule has 0 N–H and O–H groups in total. The van der Waals surface area contributed by atoms with Crippen molar-refractivity contribution in [3.63, 3.8) is 0 Å². The predicted molar refractivity (Wildman–Crippen MR) is 63.3 cm³/mol. The highest BCUT2D eigenvalue weighted by Gasteiger charge is 2.48. The molecule has 1 aliphatic rings. The SMILES string of the molecule is Cc1ccc(S(=O)(=O)OC[C@@H]2OC2(C)C)cc1. The number of aryl methyl sites for hydroxylation is 1. The van der Waals surface area contributed by atoms with Crippen molar-refractivity contribution >= 4 is 10.1 Å². The Labute approximate surface area is 102 Å². The molecule has 1 aliphatic heterocycles. The zero-order chi connectivity index (χ0) is 12.7. The van der Waals surface area contributed by atoms with Gasteiger partial charge in [-0.25, -0.2) is 0 Å². The highest BCUT2D eigenvalue weighted by molar-refractivity contribution is 7.86. The largest absolute Gasteiger partial charge is 0.364 e. The molecule has 0 unspecified atom stereocenters. The molecule has 1 aromatic rings. The summed E-state index contributed by atoms with van der Waals surface area (Å²) in [5, 5.41) is 0. The molecule has 1 heterocycles. The van der Waals surface area contributed by atoms with Crippen LogP contribution in [0.3, 0.4) is 0 Å². The second-order valence-electron chi connectivity index (χ2n) is 4.76. The van der Waals surface area contributed by atoms with Crippen LogP contribution in [-0.4, -0.2) is 26.7 Å². The molecule has 0 spiro atoms. The summed E-state index contributed by atoms with van der Waals surface area (Å²) in [7, 11) is -3.66. The molecule has 94 valence electrons. The van der Waals surface area contributed by atoms with Crippen molar-refractivity contribution < 1.29 is 17.3 Å². The van der Waals surface area contributed by atoms with Crippen LogP contribution in [-0.2, 0) is 19.0 Å². The van der Waals surface area contributed by atoms with Gasteiger partial charge in [0.1, 0.15) is 6.10 Å². The molecule has 0 aromatic heterocycles. The molecule has 0 radical (unpaired) electrons. The van der Waals surface area contributed by atoms with Crippen molar-refractivity contribution in [1.82, 2.24) is 0 Å². The van der Waals surface area contributed by atoms with Crippen LogP contribution < -0.4 is 0 Å². The van der Waals surface area contributed by atoms with Gasteiger partial charge in [-0.2, -0.15) is 8.42 Å². The van der Waals surface area contributed by atoms with Crippen LogP contribution in [0, 0.1) is 6.92 Å². The molecule has 17 heavy (non-hydrogen) atoms. The lowest BCUT2D eigenvalue weighted by atomic mass is 10.1. The summed E-state index contributed by atoms with van der Waals surface area (Å²) in [6.45, 7) is 5.78. The lowest BCUT2D eigenvalue weighted by Crippen LogP contribution is -2.15. The van der Waals surface area contributed by atoms with Gasteiger partial charge in [0.05, 0.1) is 17.1 Å². The second-order valence-corrected chi connectivity index (χ2v) is 6.38. The molecule has 1 saturated heterocycles. The highest BCUT2D eigenvalue weighted by atomic mass is 32.2. The van der Waals surface area contributed by atoms with Crippen LogP contribution in [0.5, 0.6) is 0 Å². The number of hydrogen-bond donors (Lipinski definition) is 0. The monoisotopic (exact) mass is 256 g/mol. The van der Waals surface area contributed by atoms with Gasteiger partial charge in [0.2, 0.25) is 0 Å². The van der Waals surface area contributed by atoms with E-state index in [4.69, 9.17) is 8.92 Å². The number of rotatable bonds is 4. The van der Waals surface area contributed by atoms with Crippen LogP contribution in [0.25, 0.3) is 0 Å². The Morgan fingerprint density at radius 3 is 2.29 bits per heavy atom. The summed E-state index contributed by atoms with van der Waals surface area (Å²) >= 11 is 0. The third kappa shape index (κ3) is 2.86. The van der Waals surface area contributed by atoms with E-state index in [1.807, 2.05) is 20.8 Å². The van der Waals surface area contributed by atoms with Crippen molar-refractivity contribution in [1.29, 1.82) is 0 Å². The third-order valence-corrected chi connectivity index (χ3v) is 4.14. The number of benzene rings is 1. The molecule has 1 aromatic carbocycles. The fourth-order valence-corrected chi connectivity index (χ4v) is 2.40. The first-order chi connectivity index (χ1) is 7.81. The quantitative estimate of drug-likeness (QED) is 0.609. The maximum atomic E-state index is 11.8. The number of hydrogen-bond acceptors (Lipinski definition) is 4. The minimum absolute atomic E-state index is 0.0726. The van der Waals surface area contributed by atoms with E-state index in [1.165, 1.54) is 0 Å². The topological polar surface area (TPSA) is 55.9 Å². The van der Waals surface area contributed by atoms with E-state index in [-0.39, 0.29) is 23.2 Å². The van der Waals surface area contributed by atoms with Gasteiger partial charge >= 0.3 is 0 Å². The van der Waals surface area contributed by atoms with Gasteiger partial charge in [-0.05, 0) is 32.9 Å². The van der Waals surface area contributed by atoms with E-state index in [1.54, 1.807) is 24.3 Å². The first kappa shape index (κ1) is 12.5. The summed E-state index contributed by atoms with van der Waals surface area (Å²) in [6, 6.07) is 6.58. The Kier molecular flexibility index (Phi) is 3.01. The van der Waals surface area contributed by atoms with Gasteiger partial charge in [0.25, 0.3) is 10.1 Å². The van der Waals surface area contributed by atoms with Crippen molar-refractivity contribution in [3.8, 4) is 0 Å². The first-order valence-corrected chi connectivity index (χ1v) is 6.86. The van der Waals surface area contributed by atoms with E-state index in [9.17, 15) is 8.42 Å². The highest BCUT2D eigenvalue weighted by Crippen LogP contribution is 2.35. The van der Waals surface area contributed by atoms with Crippen LogP contribution in [0.2, 0.25) is 0 Å². The Bertz CT molecular complexity index is 502. The Balaban J connectivity index is 2.02. The average molecular weight is 256 g/mol. The fourth-order valence-electron chi connectivity index (χ4n) is 1.49. The average Bonchev–Trinajstić information content (AvgIpc) is 2.85. The van der Waals surface area contributed by atoms with Gasteiger partial charge in [-0.3, -0.25) is 4.18 Å². The number of ether oxygens (including phenoxy) is 1. The first-order valence-electron chi connectivity index (χ1n) is 5.45. The van der Waals surface area contributed by atoms with Crippen molar-refractivity contribution in [2.24, 2.45) is 0 Å². The van der Waals surface area contributed by atoms with Gasteiger partial charge in [0, 0.05) is 0 Å². The Morgan fingerprint density at radius 2 is 1.82 bits per heavy atom. The van der Waals surface area contributed by atoms with E-state index >= 15 is 0 Å². The maximum Gasteiger partial charge on any atom is 0.297 e. The second kappa shape index (κ2) is 4.08. The summed E-state index contributed by atoms with van der Waals surface area (Å²) in [4.78, 5) is 0.182. The minimum atomic E-state index is -3.66. The summed E-state index contributed by atoms with van der Waals surface area (Å²) in [5.41, 5.74) is 0.749. The van der Waals surface area contributed by atoms with E-state index in [0.29, 0.717) is 0 Å². The van der Waals surface area contributed by atoms with Crippen LogP contribution >= 0.6 is 0 Å². The van der Waals surface area contributed by atoms with E-state index in [2.05, 4.69) is 0 Å². The lowest BCUT2D eigenvalue weighted by Gasteiger charge is -2.04.